The van der Waals surface area contributed by atoms with Crippen LogP contribution >= 0.6 is 0 Å². The Bertz CT molecular complexity index is 1900. The molecular weight excluding hydrogens is 540 g/mol. The molecule has 4 aromatic rings. The van der Waals surface area contributed by atoms with Gasteiger partial charge in [-0.15, -0.1) is 0 Å². The molecule has 0 spiro atoms. The lowest BCUT2D eigenvalue weighted by Crippen LogP contribution is -2.20. The van der Waals surface area contributed by atoms with Crippen molar-refractivity contribution in [1.82, 2.24) is 15.2 Å². The maximum absolute atomic E-state index is 12.8. The van der Waals surface area contributed by atoms with Gasteiger partial charge in [0.2, 0.25) is 0 Å². The molecule has 0 aliphatic carbocycles. The van der Waals surface area contributed by atoms with Crippen molar-refractivity contribution >= 4 is 58.9 Å². The molecule has 0 saturated heterocycles. The molecule has 4 N–H and O–H groups in total. The molecule has 1 aromatic heterocycles. The van der Waals surface area contributed by atoms with E-state index in [2.05, 4.69) is 26.3 Å². The van der Waals surface area contributed by atoms with E-state index in [-0.39, 0.29) is 33.4 Å². The molecule has 2 aliphatic heterocycles. The monoisotopic (exact) mass is 560 g/mol. The lowest BCUT2D eigenvalue weighted by Gasteiger charge is -2.08. The standard InChI is InChI=1S/C30H20N6O6/c1-36-19(8-11-24(36)33-26(38)16-3-10-21-23(13-16)30(42)35-28(21)40)14-31-17-4-6-18(7-5-17)32-25(37)15-2-9-20-22(12-15)29(41)34-27(20)39/h2-14H,1H3,(H,32,37)(H,33,38)(H,34,39,41)(H,35,40,42)/b31-14+. The smallest absolute Gasteiger partial charge is 0.258 e. The van der Waals surface area contributed by atoms with Gasteiger partial charge >= 0.3 is 0 Å². The first-order valence-electron chi connectivity index (χ1n) is 12.6. The molecule has 12 nitrogen and oxygen atoms in total. The first-order valence-corrected chi connectivity index (χ1v) is 12.6. The number of aromatic nitrogens is 1. The van der Waals surface area contributed by atoms with Gasteiger partial charge < -0.3 is 15.2 Å². The fourth-order valence-electron chi connectivity index (χ4n) is 4.56. The Morgan fingerprint density at radius 1 is 0.667 bits per heavy atom. The minimum Gasteiger partial charge on any atom is -0.330 e. The third-order valence-electron chi connectivity index (χ3n) is 6.87. The first-order chi connectivity index (χ1) is 20.2. The SMILES string of the molecule is Cn1c(/C=N/c2ccc(NC(=O)c3ccc4c(c3)C(=O)NC4=O)cc2)ccc1NC(=O)c1ccc2c(c1)C(=O)NC2=O. The van der Waals surface area contributed by atoms with Gasteiger partial charge in [0.1, 0.15) is 5.82 Å². The summed E-state index contributed by atoms with van der Waals surface area (Å²) in [6.07, 6.45) is 1.62. The highest BCUT2D eigenvalue weighted by Crippen LogP contribution is 2.22. The summed E-state index contributed by atoms with van der Waals surface area (Å²) in [6.45, 7) is 0. The molecule has 42 heavy (non-hydrogen) atoms. The number of rotatable bonds is 6. The predicted octanol–water partition coefficient (Wildman–Crippen LogP) is 3.05. The maximum atomic E-state index is 12.8. The number of amides is 6. The number of hydrogen-bond acceptors (Lipinski definition) is 7. The zero-order chi connectivity index (χ0) is 29.5. The molecule has 0 unspecified atom stereocenters. The number of fused-ring (bicyclic) bond motifs is 2. The highest BCUT2D eigenvalue weighted by molar-refractivity contribution is 6.23. The molecule has 206 valence electrons. The number of carbonyl (C=O) groups is 6. The summed E-state index contributed by atoms with van der Waals surface area (Å²) < 4.78 is 1.73. The molecular formula is C30H20N6O6. The molecule has 3 heterocycles. The fraction of sp³-hybridized carbons (Fsp3) is 0.0333. The fourth-order valence-corrected chi connectivity index (χ4v) is 4.56. The van der Waals surface area contributed by atoms with Crippen LogP contribution < -0.4 is 21.3 Å². The van der Waals surface area contributed by atoms with E-state index < -0.39 is 35.4 Å². The number of nitrogens with one attached hydrogen (secondary N) is 4. The van der Waals surface area contributed by atoms with Gasteiger partial charge in [-0.1, -0.05) is 0 Å². The average molecular weight is 561 g/mol. The van der Waals surface area contributed by atoms with Gasteiger partial charge in [-0.25, -0.2) is 0 Å². The van der Waals surface area contributed by atoms with Crippen LogP contribution in [0.2, 0.25) is 0 Å². The lowest BCUT2D eigenvalue weighted by molar-refractivity contribution is 0.0863. The van der Waals surface area contributed by atoms with Crippen molar-refractivity contribution in [3.63, 3.8) is 0 Å². The largest absolute Gasteiger partial charge is 0.330 e. The van der Waals surface area contributed by atoms with Crippen molar-refractivity contribution in [1.29, 1.82) is 0 Å². The number of benzene rings is 3. The zero-order valence-electron chi connectivity index (χ0n) is 21.8. The molecule has 6 amide bonds. The summed E-state index contributed by atoms with van der Waals surface area (Å²) >= 11 is 0. The highest BCUT2D eigenvalue weighted by Gasteiger charge is 2.28. The molecule has 12 heteroatoms. The summed E-state index contributed by atoms with van der Waals surface area (Å²) in [5, 5.41) is 9.93. The van der Waals surface area contributed by atoms with Crippen molar-refractivity contribution < 1.29 is 28.8 Å². The van der Waals surface area contributed by atoms with Gasteiger partial charge in [0, 0.05) is 23.9 Å². The average Bonchev–Trinajstić information content (AvgIpc) is 3.59. The van der Waals surface area contributed by atoms with Gasteiger partial charge in [0.25, 0.3) is 35.4 Å². The van der Waals surface area contributed by atoms with E-state index in [1.165, 1.54) is 36.4 Å². The number of hydrogen-bond donors (Lipinski definition) is 4. The van der Waals surface area contributed by atoms with Gasteiger partial charge in [-0.3, -0.25) is 44.4 Å². The van der Waals surface area contributed by atoms with Crippen LogP contribution in [0.4, 0.5) is 17.2 Å². The van der Waals surface area contributed by atoms with Gasteiger partial charge in [0.05, 0.1) is 39.8 Å². The Morgan fingerprint density at radius 3 is 1.76 bits per heavy atom. The summed E-state index contributed by atoms with van der Waals surface area (Å²) in [5.74, 6) is -2.42. The molecule has 2 aliphatic rings. The summed E-state index contributed by atoms with van der Waals surface area (Å²) in [6, 6.07) is 18.9. The topological polar surface area (TPSA) is 168 Å². The van der Waals surface area contributed by atoms with E-state index in [1.807, 2.05) is 0 Å². The van der Waals surface area contributed by atoms with Crippen molar-refractivity contribution in [2.75, 3.05) is 10.6 Å². The molecule has 0 saturated carbocycles. The first kappa shape index (κ1) is 26.1. The summed E-state index contributed by atoms with van der Waals surface area (Å²) in [5.41, 5.74) is 3.08. The normalized spacial score (nSPS) is 13.5. The van der Waals surface area contributed by atoms with Crippen LogP contribution in [0.5, 0.6) is 0 Å². The summed E-state index contributed by atoms with van der Waals surface area (Å²) in [7, 11) is 1.75. The lowest BCUT2D eigenvalue weighted by atomic mass is 10.1. The molecule has 3 aromatic carbocycles. The Hall–Kier alpha value is -6.17. The minimum absolute atomic E-state index is 0.160. The molecule has 0 bridgehead atoms. The van der Waals surface area contributed by atoms with Crippen molar-refractivity contribution in [2.24, 2.45) is 12.0 Å². The van der Waals surface area contributed by atoms with Crippen molar-refractivity contribution in [2.45, 2.75) is 0 Å². The van der Waals surface area contributed by atoms with Crippen LogP contribution in [0.1, 0.15) is 67.8 Å². The Labute approximate surface area is 237 Å². The van der Waals surface area contributed by atoms with Gasteiger partial charge in [-0.2, -0.15) is 0 Å². The van der Waals surface area contributed by atoms with Gasteiger partial charge in [-0.05, 0) is 72.8 Å². The van der Waals surface area contributed by atoms with E-state index in [0.717, 1.165) is 0 Å². The second kappa shape index (κ2) is 10.1. The van der Waals surface area contributed by atoms with Gasteiger partial charge in [0.15, 0.2) is 0 Å². The Balaban J connectivity index is 1.09. The molecule has 0 fully saturated rings. The highest BCUT2D eigenvalue weighted by atomic mass is 16.2. The summed E-state index contributed by atoms with van der Waals surface area (Å²) in [4.78, 5) is 77.1. The predicted molar refractivity (Wildman–Crippen MR) is 151 cm³/mol. The third kappa shape index (κ3) is 4.73. The van der Waals surface area contributed by atoms with E-state index in [0.29, 0.717) is 22.9 Å². The Kier molecular flexibility index (Phi) is 6.27. The molecule has 0 radical (unpaired) electrons. The van der Waals surface area contributed by atoms with E-state index in [9.17, 15) is 28.8 Å². The molecule has 6 rings (SSSR count). The second-order valence-electron chi connectivity index (χ2n) is 9.50. The number of anilines is 2. The maximum Gasteiger partial charge on any atom is 0.258 e. The minimum atomic E-state index is -0.536. The van der Waals surface area contributed by atoms with E-state index in [4.69, 9.17) is 0 Å². The molecule has 0 atom stereocenters. The van der Waals surface area contributed by atoms with E-state index in [1.54, 1.807) is 54.2 Å². The number of carbonyl (C=O) groups excluding carboxylic acids is 6. The van der Waals surface area contributed by atoms with Crippen LogP contribution in [0, 0.1) is 0 Å². The van der Waals surface area contributed by atoms with Crippen LogP contribution in [0.3, 0.4) is 0 Å². The number of nitrogens with zero attached hydrogens (tertiary/aromatic N) is 2. The van der Waals surface area contributed by atoms with Crippen LogP contribution in [0.15, 0.2) is 77.8 Å². The zero-order valence-corrected chi connectivity index (χ0v) is 21.8. The van der Waals surface area contributed by atoms with Crippen molar-refractivity contribution in [3.05, 3.63) is 112 Å². The van der Waals surface area contributed by atoms with Crippen molar-refractivity contribution in [3.8, 4) is 0 Å². The third-order valence-corrected chi connectivity index (χ3v) is 6.87. The number of imide groups is 2. The van der Waals surface area contributed by atoms with E-state index >= 15 is 0 Å². The van der Waals surface area contributed by atoms with Crippen LogP contribution in [0.25, 0.3) is 0 Å². The van der Waals surface area contributed by atoms with Crippen LogP contribution in [-0.2, 0) is 7.05 Å². The number of aliphatic imine (C=N–C) groups is 1. The Morgan fingerprint density at radius 2 is 1.19 bits per heavy atom. The second-order valence-corrected chi connectivity index (χ2v) is 9.50. The van der Waals surface area contributed by atoms with Crippen LogP contribution in [-0.4, -0.2) is 46.2 Å². The quantitative estimate of drug-likeness (QED) is 0.209.